The average Bonchev–Trinajstić information content (AvgIpc) is 3.13. The van der Waals surface area contributed by atoms with Crippen molar-refractivity contribution < 1.29 is 29.0 Å². The van der Waals surface area contributed by atoms with Crippen molar-refractivity contribution in [1.82, 2.24) is 20.9 Å². The highest BCUT2D eigenvalue weighted by atomic mass is 16.5. The molecule has 0 aliphatic heterocycles. The van der Waals surface area contributed by atoms with Crippen LogP contribution in [0.15, 0.2) is 48.5 Å². The number of hydrogen-bond acceptors (Lipinski definition) is 5. The number of carbonyl (C=O) groups excluding carboxylic acids is 3. The van der Waals surface area contributed by atoms with Gasteiger partial charge in [-0.25, -0.2) is 9.59 Å². The Morgan fingerprint density at radius 1 is 0.941 bits per heavy atom. The van der Waals surface area contributed by atoms with Gasteiger partial charge in [0.2, 0.25) is 5.91 Å². The van der Waals surface area contributed by atoms with Crippen LogP contribution in [0.5, 0.6) is 0 Å². The van der Waals surface area contributed by atoms with E-state index in [4.69, 9.17) is 9.84 Å². The summed E-state index contributed by atoms with van der Waals surface area (Å²) in [6.07, 6.45) is -1.50. The summed E-state index contributed by atoms with van der Waals surface area (Å²) in [5, 5.41) is 16.6. The fraction of sp³-hybridized carbons (Fsp3) is 0.333. The van der Waals surface area contributed by atoms with Gasteiger partial charge in [0.05, 0.1) is 6.42 Å². The van der Waals surface area contributed by atoms with Crippen molar-refractivity contribution in [2.45, 2.75) is 18.4 Å². The summed E-state index contributed by atoms with van der Waals surface area (Å²) >= 11 is 0. The highest BCUT2D eigenvalue weighted by Gasteiger charge is 2.30. The topological polar surface area (TPSA) is 137 Å². The standard InChI is InChI=1S/C24H28N4O6/c1-28(2)23(32)26-12-11-25-22(31)20(13-21(29)30)27-24(33)34-14-19-17-9-5-3-7-15(17)16-8-4-6-10-18(16)19/h3-10,19-20H,11-14H2,1-2H3,(H,25,31)(H,26,32)(H,27,33)(H,29,30). The minimum atomic E-state index is -1.32. The zero-order valence-electron chi connectivity index (χ0n) is 19.0. The van der Waals surface area contributed by atoms with Crippen molar-refractivity contribution in [2.75, 3.05) is 33.8 Å². The number of rotatable bonds is 9. The minimum absolute atomic E-state index is 0.0395. The molecule has 34 heavy (non-hydrogen) atoms. The number of ether oxygens (including phenoxy) is 1. The third kappa shape index (κ3) is 6.03. The summed E-state index contributed by atoms with van der Waals surface area (Å²) < 4.78 is 5.40. The van der Waals surface area contributed by atoms with Gasteiger partial charge in [0.1, 0.15) is 12.6 Å². The average molecular weight is 469 g/mol. The molecule has 1 aliphatic rings. The Labute approximate surface area is 197 Å². The molecular formula is C24H28N4O6. The molecule has 10 nitrogen and oxygen atoms in total. The van der Waals surface area contributed by atoms with Crippen LogP contribution in [-0.4, -0.2) is 73.8 Å². The van der Waals surface area contributed by atoms with Gasteiger partial charge in [0.15, 0.2) is 0 Å². The van der Waals surface area contributed by atoms with Gasteiger partial charge in [0.25, 0.3) is 0 Å². The largest absolute Gasteiger partial charge is 0.481 e. The van der Waals surface area contributed by atoms with Crippen LogP contribution < -0.4 is 16.0 Å². The molecule has 2 aromatic rings. The zero-order valence-corrected chi connectivity index (χ0v) is 19.0. The maximum atomic E-state index is 12.4. The van der Waals surface area contributed by atoms with E-state index in [9.17, 15) is 19.2 Å². The number of amides is 4. The summed E-state index contributed by atoms with van der Waals surface area (Å²) in [7, 11) is 3.16. The van der Waals surface area contributed by atoms with E-state index in [1.54, 1.807) is 14.1 Å². The Hall–Kier alpha value is -4.08. The molecule has 1 atom stereocenters. The number of fused-ring (bicyclic) bond motifs is 3. The minimum Gasteiger partial charge on any atom is -0.481 e. The molecule has 0 saturated heterocycles. The lowest BCUT2D eigenvalue weighted by Crippen LogP contribution is -2.49. The Morgan fingerprint density at radius 2 is 1.50 bits per heavy atom. The molecule has 1 aliphatic carbocycles. The first kappa shape index (κ1) is 24.6. The monoisotopic (exact) mass is 468 g/mol. The predicted octanol–water partition coefficient (Wildman–Crippen LogP) is 1.76. The van der Waals surface area contributed by atoms with Crippen molar-refractivity contribution in [3.63, 3.8) is 0 Å². The van der Waals surface area contributed by atoms with E-state index in [2.05, 4.69) is 16.0 Å². The fourth-order valence-electron chi connectivity index (χ4n) is 3.80. The molecule has 180 valence electrons. The number of alkyl carbamates (subject to hydrolysis) is 1. The number of nitrogens with one attached hydrogen (secondary N) is 3. The van der Waals surface area contributed by atoms with Crippen LogP contribution in [0.25, 0.3) is 11.1 Å². The lowest BCUT2D eigenvalue weighted by Gasteiger charge is -2.19. The highest BCUT2D eigenvalue weighted by Crippen LogP contribution is 2.44. The molecule has 3 rings (SSSR count). The Balaban J connectivity index is 1.56. The normalized spacial score (nSPS) is 12.6. The van der Waals surface area contributed by atoms with E-state index in [-0.39, 0.29) is 31.6 Å². The first-order chi connectivity index (χ1) is 16.3. The predicted molar refractivity (Wildman–Crippen MR) is 124 cm³/mol. The van der Waals surface area contributed by atoms with Crippen LogP contribution in [0.3, 0.4) is 0 Å². The second-order valence-corrected chi connectivity index (χ2v) is 8.04. The summed E-state index contributed by atoms with van der Waals surface area (Å²) in [6, 6.07) is 14.1. The van der Waals surface area contributed by atoms with Crippen LogP contribution in [0.2, 0.25) is 0 Å². The van der Waals surface area contributed by atoms with Crippen LogP contribution in [0, 0.1) is 0 Å². The van der Waals surface area contributed by atoms with E-state index >= 15 is 0 Å². The second-order valence-electron chi connectivity index (χ2n) is 8.04. The molecule has 0 radical (unpaired) electrons. The second kappa shape index (κ2) is 11.2. The number of nitrogens with zero attached hydrogens (tertiary/aromatic N) is 1. The van der Waals surface area contributed by atoms with E-state index in [0.29, 0.717) is 0 Å². The van der Waals surface area contributed by atoms with Gasteiger partial charge in [0, 0.05) is 33.1 Å². The maximum Gasteiger partial charge on any atom is 0.407 e. The van der Waals surface area contributed by atoms with Crippen molar-refractivity contribution in [3.05, 3.63) is 59.7 Å². The summed E-state index contributed by atoms with van der Waals surface area (Å²) in [5.41, 5.74) is 4.24. The molecule has 0 heterocycles. The van der Waals surface area contributed by atoms with E-state index < -0.39 is 30.4 Å². The van der Waals surface area contributed by atoms with Gasteiger partial charge in [-0.3, -0.25) is 9.59 Å². The Morgan fingerprint density at radius 3 is 2.06 bits per heavy atom. The van der Waals surface area contributed by atoms with Crippen molar-refractivity contribution in [2.24, 2.45) is 0 Å². The van der Waals surface area contributed by atoms with Crippen LogP contribution in [0.4, 0.5) is 9.59 Å². The molecule has 4 N–H and O–H groups in total. The lowest BCUT2D eigenvalue weighted by atomic mass is 9.98. The zero-order chi connectivity index (χ0) is 24.7. The first-order valence-corrected chi connectivity index (χ1v) is 10.8. The third-order valence-electron chi connectivity index (χ3n) is 5.44. The number of urea groups is 1. The quantitative estimate of drug-likeness (QED) is 0.414. The molecule has 4 amide bonds. The van der Waals surface area contributed by atoms with Crippen LogP contribution in [0.1, 0.15) is 23.5 Å². The summed E-state index contributed by atoms with van der Waals surface area (Å²) in [5.74, 6) is -2.10. The van der Waals surface area contributed by atoms with Crippen molar-refractivity contribution >= 4 is 24.0 Å². The molecule has 10 heteroatoms. The van der Waals surface area contributed by atoms with Gasteiger partial charge in [-0.15, -0.1) is 0 Å². The molecule has 0 fully saturated rings. The maximum absolute atomic E-state index is 12.4. The van der Waals surface area contributed by atoms with E-state index in [0.717, 1.165) is 22.3 Å². The number of carboxylic acid groups (broad SMARTS) is 1. The molecule has 0 spiro atoms. The third-order valence-corrected chi connectivity index (χ3v) is 5.44. The smallest absolute Gasteiger partial charge is 0.407 e. The highest BCUT2D eigenvalue weighted by molar-refractivity contribution is 5.89. The number of hydrogen-bond donors (Lipinski definition) is 4. The van der Waals surface area contributed by atoms with Gasteiger partial charge < -0.3 is 30.7 Å². The van der Waals surface area contributed by atoms with Crippen LogP contribution in [-0.2, 0) is 14.3 Å². The van der Waals surface area contributed by atoms with E-state index in [1.807, 2.05) is 48.5 Å². The molecule has 0 aromatic heterocycles. The Bertz CT molecular complexity index is 1030. The number of carboxylic acids is 1. The number of carbonyl (C=O) groups is 4. The summed E-state index contributed by atoms with van der Waals surface area (Å²) in [4.78, 5) is 48.9. The summed E-state index contributed by atoms with van der Waals surface area (Å²) in [6.45, 7) is 0.256. The van der Waals surface area contributed by atoms with Crippen molar-refractivity contribution in [3.8, 4) is 11.1 Å². The molecule has 0 bridgehead atoms. The SMILES string of the molecule is CN(C)C(=O)NCCNC(=O)C(CC(=O)O)NC(=O)OCC1c2ccccc2-c2ccccc21. The molecule has 2 aromatic carbocycles. The van der Waals surface area contributed by atoms with Gasteiger partial charge in [-0.1, -0.05) is 48.5 Å². The van der Waals surface area contributed by atoms with Crippen molar-refractivity contribution in [1.29, 1.82) is 0 Å². The molecular weight excluding hydrogens is 440 g/mol. The molecule has 1 unspecified atom stereocenters. The fourth-order valence-corrected chi connectivity index (χ4v) is 3.80. The van der Waals surface area contributed by atoms with Gasteiger partial charge in [-0.2, -0.15) is 0 Å². The first-order valence-electron chi connectivity index (χ1n) is 10.8. The van der Waals surface area contributed by atoms with Gasteiger partial charge >= 0.3 is 18.1 Å². The molecule has 0 saturated carbocycles. The van der Waals surface area contributed by atoms with Crippen LogP contribution >= 0.6 is 0 Å². The lowest BCUT2D eigenvalue weighted by molar-refractivity contribution is -0.139. The Kier molecular flexibility index (Phi) is 8.07. The van der Waals surface area contributed by atoms with Gasteiger partial charge in [-0.05, 0) is 22.3 Å². The number of benzene rings is 2. The van der Waals surface area contributed by atoms with E-state index in [1.165, 1.54) is 4.90 Å². The number of aliphatic carboxylic acids is 1.